The zero-order valence-electron chi connectivity index (χ0n) is 25.2. The number of urea groups is 1. The molecule has 1 aromatic heterocycles. The van der Waals surface area contributed by atoms with Crippen LogP contribution in [0.25, 0.3) is 0 Å². The van der Waals surface area contributed by atoms with Gasteiger partial charge in [0.2, 0.25) is 0 Å². The number of hydrogen-bond acceptors (Lipinski definition) is 6. The fraction of sp³-hybridized carbons (Fsp3) is 0.375. The third-order valence-electron chi connectivity index (χ3n) is 6.80. The van der Waals surface area contributed by atoms with Crippen molar-refractivity contribution in [3.05, 3.63) is 83.7 Å². The number of aromatic nitrogens is 1. The molecule has 4 amide bonds. The van der Waals surface area contributed by atoms with Crippen LogP contribution in [0.4, 0.5) is 35.4 Å². The first-order valence-electron chi connectivity index (χ1n) is 14.6. The van der Waals surface area contributed by atoms with Crippen LogP contribution in [0, 0.1) is 11.6 Å². The quantitative estimate of drug-likeness (QED) is 0.243. The molecule has 0 spiro atoms. The lowest BCUT2D eigenvalue weighted by atomic mass is 10.2. The van der Waals surface area contributed by atoms with Gasteiger partial charge in [-0.2, -0.15) is 0 Å². The van der Waals surface area contributed by atoms with Crippen molar-refractivity contribution < 1.29 is 27.9 Å². The van der Waals surface area contributed by atoms with E-state index in [-0.39, 0.29) is 17.9 Å². The van der Waals surface area contributed by atoms with E-state index in [4.69, 9.17) is 4.74 Å². The highest BCUT2D eigenvalue weighted by Gasteiger charge is 2.20. The molecule has 10 nitrogen and oxygen atoms in total. The lowest BCUT2D eigenvalue weighted by molar-refractivity contribution is 0.0635. The molecule has 44 heavy (non-hydrogen) atoms. The van der Waals surface area contributed by atoms with E-state index < -0.39 is 35.3 Å². The number of carbonyl (C=O) groups excluding carboxylic acids is 3. The van der Waals surface area contributed by atoms with Crippen LogP contribution in [0.15, 0.2) is 60.8 Å². The first-order valence-corrected chi connectivity index (χ1v) is 14.6. The van der Waals surface area contributed by atoms with E-state index in [1.807, 2.05) is 0 Å². The van der Waals surface area contributed by atoms with Crippen molar-refractivity contribution in [3.8, 4) is 0 Å². The van der Waals surface area contributed by atoms with Gasteiger partial charge in [-0.25, -0.2) is 18.4 Å². The molecule has 4 rings (SSSR count). The van der Waals surface area contributed by atoms with Crippen LogP contribution >= 0.6 is 0 Å². The molecule has 0 bridgehead atoms. The molecule has 12 heteroatoms. The Kier molecular flexibility index (Phi) is 10.8. The smallest absolute Gasteiger partial charge is 0.412 e. The predicted octanol–water partition coefficient (Wildman–Crippen LogP) is 6.48. The maximum atomic E-state index is 13.7. The molecule has 0 atom stereocenters. The van der Waals surface area contributed by atoms with E-state index in [9.17, 15) is 23.2 Å². The predicted molar refractivity (Wildman–Crippen MR) is 165 cm³/mol. The highest BCUT2D eigenvalue weighted by Crippen LogP contribution is 2.23. The van der Waals surface area contributed by atoms with E-state index in [0.29, 0.717) is 23.5 Å². The van der Waals surface area contributed by atoms with Crippen molar-refractivity contribution in [2.24, 2.45) is 0 Å². The Labute approximate surface area is 255 Å². The SMILES string of the molecule is CC(C)(C)OC(=O)Nc1ccccc1NC(=O)c1ccc(CN(CCCN2CCCC2)C(=O)Nc2ccc(F)c(F)c2)cn1. The molecule has 3 aromatic rings. The molecule has 1 saturated heterocycles. The van der Waals surface area contributed by atoms with Gasteiger partial charge in [0.15, 0.2) is 11.6 Å². The summed E-state index contributed by atoms with van der Waals surface area (Å²) in [7, 11) is 0. The summed E-state index contributed by atoms with van der Waals surface area (Å²) in [5.74, 6) is -2.54. The minimum absolute atomic E-state index is 0.132. The largest absolute Gasteiger partial charge is 0.444 e. The maximum absolute atomic E-state index is 13.7. The maximum Gasteiger partial charge on any atom is 0.412 e. The van der Waals surface area contributed by atoms with Crippen LogP contribution in [0.1, 0.15) is 56.1 Å². The molecule has 0 aliphatic carbocycles. The number of ether oxygens (including phenoxy) is 1. The molecule has 0 radical (unpaired) electrons. The Hall–Kier alpha value is -4.58. The van der Waals surface area contributed by atoms with Crippen LogP contribution in [0.3, 0.4) is 0 Å². The van der Waals surface area contributed by atoms with E-state index in [2.05, 4.69) is 25.8 Å². The average molecular weight is 609 g/mol. The van der Waals surface area contributed by atoms with Gasteiger partial charge >= 0.3 is 12.1 Å². The first kappa shape index (κ1) is 32.3. The molecule has 234 valence electrons. The Morgan fingerprint density at radius 1 is 0.932 bits per heavy atom. The molecule has 1 aliphatic heterocycles. The first-order chi connectivity index (χ1) is 21.0. The van der Waals surface area contributed by atoms with E-state index in [1.165, 1.54) is 12.3 Å². The normalized spacial score (nSPS) is 13.3. The summed E-state index contributed by atoms with van der Waals surface area (Å²) in [4.78, 5) is 46.6. The Morgan fingerprint density at radius 3 is 2.27 bits per heavy atom. The summed E-state index contributed by atoms with van der Waals surface area (Å²) >= 11 is 0. The van der Waals surface area contributed by atoms with Crippen LogP contribution in [0.5, 0.6) is 0 Å². The number of para-hydroxylation sites is 2. The summed E-state index contributed by atoms with van der Waals surface area (Å²) in [5.41, 5.74) is 1.00. The second kappa shape index (κ2) is 14.7. The number of benzene rings is 2. The van der Waals surface area contributed by atoms with Gasteiger partial charge in [0.1, 0.15) is 11.3 Å². The van der Waals surface area contributed by atoms with Crippen LogP contribution < -0.4 is 16.0 Å². The second-order valence-electron chi connectivity index (χ2n) is 11.6. The monoisotopic (exact) mass is 608 g/mol. The van der Waals surface area contributed by atoms with Gasteiger partial charge in [-0.3, -0.25) is 15.1 Å². The number of anilines is 3. The zero-order chi connectivity index (χ0) is 31.7. The Morgan fingerprint density at radius 2 is 1.64 bits per heavy atom. The van der Waals surface area contributed by atoms with E-state index in [0.717, 1.165) is 51.0 Å². The number of carbonyl (C=O) groups is 3. The van der Waals surface area contributed by atoms with Crippen LogP contribution in [0.2, 0.25) is 0 Å². The Bertz CT molecular complexity index is 1460. The van der Waals surface area contributed by atoms with Crippen molar-refractivity contribution in [3.63, 3.8) is 0 Å². The lowest BCUT2D eigenvalue weighted by Gasteiger charge is -2.24. The third kappa shape index (κ3) is 9.73. The van der Waals surface area contributed by atoms with Gasteiger partial charge in [-0.1, -0.05) is 18.2 Å². The highest BCUT2D eigenvalue weighted by molar-refractivity contribution is 6.05. The fourth-order valence-electron chi connectivity index (χ4n) is 4.69. The molecule has 2 heterocycles. The summed E-state index contributed by atoms with van der Waals surface area (Å²) in [6.45, 7) is 8.79. The van der Waals surface area contributed by atoms with E-state index >= 15 is 0 Å². The van der Waals surface area contributed by atoms with Gasteiger partial charge in [0.05, 0.1) is 11.4 Å². The second-order valence-corrected chi connectivity index (χ2v) is 11.6. The highest BCUT2D eigenvalue weighted by atomic mass is 19.2. The van der Waals surface area contributed by atoms with Gasteiger partial charge in [0.25, 0.3) is 5.91 Å². The van der Waals surface area contributed by atoms with Crippen LogP contribution in [-0.4, -0.2) is 64.6 Å². The minimum Gasteiger partial charge on any atom is -0.444 e. The van der Waals surface area contributed by atoms with Crippen molar-refractivity contribution in [2.45, 2.75) is 52.2 Å². The number of pyridine rings is 1. The summed E-state index contributed by atoms with van der Waals surface area (Å²) in [6, 6.07) is 12.7. The molecular formula is C32H38F2N6O4. The lowest BCUT2D eigenvalue weighted by Crippen LogP contribution is -2.36. The summed E-state index contributed by atoms with van der Waals surface area (Å²) < 4.78 is 32.4. The molecule has 0 unspecified atom stereocenters. The number of likely N-dealkylation sites (tertiary alicyclic amines) is 1. The van der Waals surface area contributed by atoms with Gasteiger partial charge < -0.3 is 25.2 Å². The molecule has 1 fully saturated rings. The number of nitrogens with one attached hydrogen (secondary N) is 3. The molecule has 1 aliphatic rings. The topological polar surface area (TPSA) is 116 Å². The van der Waals surface area contributed by atoms with Crippen molar-refractivity contribution in [2.75, 3.05) is 42.1 Å². The molecule has 0 saturated carbocycles. The number of hydrogen-bond donors (Lipinski definition) is 3. The zero-order valence-corrected chi connectivity index (χ0v) is 25.2. The summed E-state index contributed by atoms with van der Waals surface area (Å²) in [5, 5.41) is 8.04. The fourth-order valence-corrected chi connectivity index (χ4v) is 4.69. The van der Waals surface area contributed by atoms with Gasteiger partial charge in [-0.05, 0) is 95.6 Å². The van der Waals surface area contributed by atoms with E-state index in [1.54, 1.807) is 62.1 Å². The molecule has 2 aromatic carbocycles. The third-order valence-corrected chi connectivity index (χ3v) is 6.80. The number of rotatable bonds is 10. The van der Waals surface area contributed by atoms with Gasteiger partial charge in [-0.15, -0.1) is 0 Å². The Balaban J connectivity index is 1.41. The van der Waals surface area contributed by atoms with Crippen LogP contribution in [-0.2, 0) is 11.3 Å². The summed E-state index contributed by atoms with van der Waals surface area (Å²) in [6.07, 6.45) is 3.92. The van der Waals surface area contributed by atoms with Crippen molar-refractivity contribution in [1.29, 1.82) is 0 Å². The number of halogens is 2. The minimum atomic E-state index is -1.05. The molecular weight excluding hydrogens is 570 g/mol. The average Bonchev–Trinajstić information content (AvgIpc) is 3.48. The number of nitrogens with zero attached hydrogens (tertiary/aromatic N) is 3. The molecule has 3 N–H and O–H groups in total. The van der Waals surface area contributed by atoms with Crippen molar-refractivity contribution >= 4 is 35.1 Å². The van der Waals surface area contributed by atoms with Crippen molar-refractivity contribution in [1.82, 2.24) is 14.8 Å². The standard InChI is InChI=1S/C32H38F2N6O4/c1-32(2,3)44-31(43)38-27-10-5-4-9-26(27)37-29(41)28-14-11-22(20-35-28)21-40(18-8-17-39-15-6-7-16-39)30(42)36-23-12-13-24(33)25(34)19-23/h4-5,9-14,19-20H,6-8,15-18,21H2,1-3H3,(H,36,42)(H,37,41)(H,38,43). The number of amides is 4. The van der Waals surface area contributed by atoms with Gasteiger partial charge in [0, 0.05) is 31.0 Å².